The van der Waals surface area contributed by atoms with E-state index >= 15 is 0 Å². The van der Waals surface area contributed by atoms with Gasteiger partial charge in [0.05, 0.1) is 4.90 Å². The van der Waals surface area contributed by atoms with Crippen LogP contribution in [0.15, 0.2) is 52.3 Å². The highest BCUT2D eigenvalue weighted by molar-refractivity contribution is 7.99. The number of hydrogen-bond acceptors (Lipinski definition) is 2. The Morgan fingerprint density at radius 1 is 1.12 bits per heavy atom. The molecule has 0 aliphatic carbocycles. The van der Waals surface area contributed by atoms with Crippen LogP contribution in [0.25, 0.3) is 0 Å². The van der Waals surface area contributed by atoms with Crippen LogP contribution in [-0.4, -0.2) is 5.11 Å². The van der Waals surface area contributed by atoms with Crippen LogP contribution in [0.5, 0.6) is 5.75 Å². The van der Waals surface area contributed by atoms with Gasteiger partial charge in [-0.1, -0.05) is 29.4 Å². The zero-order chi connectivity index (χ0) is 11.5. The fraction of sp³-hybridized carbons (Fsp3) is 0. The Labute approximate surface area is 102 Å². The molecule has 0 saturated heterocycles. The average Bonchev–Trinajstić information content (AvgIpc) is 2.24. The van der Waals surface area contributed by atoms with E-state index in [4.69, 9.17) is 11.6 Å². The Kier molecular flexibility index (Phi) is 3.36. The van der Waals surface area contributed by atoms with Gasteiger partial charge in [-0.3, -0.25) is 0 Å². The summed E-state index contributed by atoms with van der Waals surface area (Å²) < 4.78 is 12.9. The van der Waals surface area contributed by atoms with Crippen LogP contribution >= 0.6 is 23.4 Å². The zero-order valence-electron chi connectivity index (χ0n) is 8.15. The molecule has 0 atom stereocenters. The highest BCUT2D eigenvalue weighted by atomic mass is 35.5. The van der Waals surface area contributed by atoms with Gasteiger partial charge in [0.1, 0.15) is 11.6 Å². The maximum atomic E-state index is 12.9. The van der Waals surface area contributed by atoms with Crippen LogP contribution in [0.1, 0.15) is 0 Å². The van der Waals surface area contributed by atoms with Gasteiger partial charge in [0.25, 0.3) is 0 Å². The van der Waals surface area contributed by atoms with E-state index in [-0.39, 0.29) is 11.6 Å². The van der Waals surface area contributed by atoms with Crippen LogP contribution < -0.4 is 0 Å². The number of rotatable bonds is 2. The molecule has 82 valence electrons. The second-order valence-electron chi connectivity index (χ2n) is 3.17. The average molecular weight is 255 g/mol. The first kappa shape index (κ1) is 11.3. The molecule has 0 bridgehead atoms. The Hall–Kier alpha value is -1.19. The molecule has 0 heterocycles. The van der Waals surface area contributed by atoms with Crippen molar-refractivity contribution in [1.82, 2.24) is 0 Å². The third-order valence-electron chi connectivity index (χ3n) is 1.95. The minimum Gasteiger partial charge on any atom is -0.507 e. The molecule has 2 aromatic carbocycles. The number of aromatic hydroxyl groups is 1. The fourth-order valence-electron chi connectivity index (χ4n) is 1.23. The van der Waals surface area contributed by atoms with Crippen LogP contribution in [0, 0.1) is 5.82 Å². The van der Waals surface area contributed by atoms with Crippen molar-refractivity contribution in [3.8, 4) is 5.75 Å². The SMILES string of the molecule is Oc1ccc(Cl)cc1Sc1cccc(F)c1. The largest absolute Gasteiger partial charge is 0.507 e. The minimum atomic E-state index is -0.300. The van der Waals surface area contributed by atoms with Crippen molar-refractivity contribution in [3.05, 3.63) is 53.3 Å². The second-order valence-corrected chi connectivity index (χ2v) is 4.72. The van der Waals surface area contributed by atoms with Crippen molar-refractivity contribution in [1.29, 1.82) is 0 Å². The standard InChI is InChI=1S/C12H8ClFOS/c13-8-4-5-11(15)12(6-8)16-10-3-1-2-9(14)7-10/h1-7,15H. The quantitative estimate of drug-likeness (QED) is 0.861. The summed E-state index contributed by atoms with van der Waals surface area (Å²) in [5.41, 5.74) is 0. The summed E-state index contributed by atoms with van der Waals surface area (Å²) in [6.07, 6.45) is 0. The van der Waals surface area contributed by atoms with E-state index < -0.39 is 0 Å². The molecule has 1 N–H and O–H groups in total. The van der Waals surface area contributed by atoms with E-state index in [1.807, 2.05) is 0 Å². The summed E-state index contributed by atoms with van der Waals surface area (Å²) >= 11 is 7.08. The Morgan fingerprint density at radius 3 is 2.69 bits per heavy atom. The molecule has 0 fully saturated rings. The molecule has 16 heavy (non-hydrogen) atoms. The summed E-state index contributed by atoms with van der Waals surface area (Å²) in [5, 5.41) is 10.1. The van der Waals surface area contributed by atoms with Gasteiger partial charge < -0.3 is 5.11 Å². The topological polar surface area (TPSA) is 20.2 Å². The highest BCUT2D eigenvalue weighted by Gasteiger charge is 2.05. The lowest BCUT2D eigenvalue weighted by Crippen LogP contribution is -1.78. The third kappa shape index (κ3) is 2.68. The molecule has 2 aromatic rings. The number of phenolic OH excluding ortho intramolecular Hbond substituents is 1. The van der Waals surface area contributed by atoms with Crippen LogP contribution in [0.2, 0.25) is 5.02 Å². The molecule has 1 nitrogen and oxygen atoms in total. The second kappa shape index (κ2) is 4.76. The van der Waals surface area contributed by atoms with E-state index in [1.54, 1.807) is 24.3 Å². The van der Waals surface area contributed by atoms with Gasteiger partial charge >= 0.3 is 0 Å². The van der Waals surface area contributed by atoms with E-state index in [0.717, 1.165) is 4.90 Å². The maximum absolute atomic E-state index is 12.9. The highest BCUT2D eigenvalue weighted by Crippen LogP contribution is 2.36. The van der Waals surface area contributed by atoms with Crippen LogP contribution in [0.3, 0.4) is 0 Å². The molecular weight excluding hydrogens is 247 g/mol. The lowest BCUT2D eigenvalue weighted by molar-refractivity contribution is 0.462. The molecular formula is C12H8ClFOS. The first-order chi connectivity index (χ1) is 7.65. The first-order valence-corrected chi connectivity index (χ1v) is 5.76. The van der Waals surface area contributed by atoms with Gasteiger partial charge in [-0.25, -0.2) is 4.39 Å². The molecule has 0 unspecified atom stereocenters. The molecule has 2 rings (SSSR count). The molecule has 0 amide bonds. The summed E-state index contributed by atoms with van der Waals surface area (Å²) in [7, 11) is 0. The van der Waals surface area contributed by atoms with E-state index in [1.165, 1.54) is 30.0 Å². The summed E-state index contributed by atoms with van der Waals surface area (Å²) in [4.78, 5) is 1.33. The van der Waals surface area contributed by atoms with Gasteiger partial charge in [0, 0.05) is 9.92 Å². The predicted octanol–water partition coefficient (Wildman–Crippen LogP) is 4.34. The van der Waals surface area contributed by atoms with E-state index in [0.29, 0.717) is 9.92 Å². The Morgan fingerprint density at radius 2 is 1.94 bits per heavy atom. The van der Waals surface area contributed by atoms with Crippen molar-refractivity contribution in [2.75, 3.05) is 0 Å². The molecule has 0 radical (unpaired) electrons. The van der Waals surface area contributed by atoms with Gasteiger partial charge in [-0.05, 0) is 36.4 Å². The van der Waals surface area contributed by atoms with Crippen LogP contribution in [-0.2, 0) is 0 Å². The predicted molar refractivity (Wildman–Crippen MR) is 63.6 cm³/mol. The smallest absolute Gasteiger partial charge is 0.129 e. The lowest BCUT2D eigenvalue weighted by atomic mass is 10.3. The summed E-state index contributed by atoms with van der Waals surface area (Å²) in [6.45, 7) is 0. The minimum absolute atomic E-state index is 0.138. The maximum Gasteiger partial charge on any atom is 0.129 e. The van der Waals surface area contributed by atoms with Crippen molar-refractivity contribution in [3.63, 3.8) is 0 Å². The number of hydrogen-bond donors (Lipinski definition) is 1. The first-order valence-electron chi connectivity index (χ1n) is 4.57. The van der Waals surface area contributed by atoms with Gasteiger partial charge in [0.2, 0.25) is 0 Å². The monoisotopic (exact) mass is 254 g/mol. The number of phenols is 1. The number of halogens is 2. The molecule has 0 spiro atoms. The van der Waals surface area contributed by atoms with Gasteiger partial charge in [-0.2, -0.15) is 0 Å². The Balaban J connectivity index is 2.30. The molecule has 0 aromatic heterocycles. The zero-order valence-corrected chi connectivity index (χ0v) is 9.73. The Bertz CT molecular complexity index is 516. The van der Waals surface area contributed by atoms with Crippen molar-refractivity contribution in [2.24, 2.45) is 0 Å². The summed E-state index contributed by atoms with van der Waals surface area (Å²) in [6, 6.07) is 10.9. The molecule has 0 aliphatic rings. The lowest BCUT2D eigenvalue weighted by Gasteiger charge is -2.04. The third-order valence-corrected chi connectivity index (χ3v) is 3.22. The fourth-order valence-corrected chi connectivity index (χ4v) is 2.39. The molecule has 0 aliphatic heterocycles. The van der Waals surface area contributed by atoms with Crippen molar-refractivity contribution >= 4 is 23.4 Å². The van der Waals surface area contributed by atoms with Gasteiger partial charge in [-0.15, -0.1) is 0 Å². The summed E-state index contributed by atoms with van der Waals surface area (Å²) in [5.74, 6) is -0.162. The number of benzene rings is 2. The van der Waals surface area contributed by atoms with Crippen LogP contribution in [0.4, 0.5) is 4.39 Å². The van der Waals surface area contributed by atoms with E-state index in [2.05, 4.69) is 0 Å². The van der Waals surface area contributed by atoms with Gasteiger partial charge in [0.15, 0.2) is 0 Å². The normalized spacial score (nSPS) is 10.4. The molecule has 4 heteroatoms. The van der Waals surface area contributed by atoms with Crippen molar-refractivity contribution < 1.29 is 9.50 Å². The van der Waals surface area contributed by atoms with Crippen molar-refractivity contribution in [2.45, 2.75) is 9.79 Å². The van der Waals surface area contributed by atoms with E-state index in [9.17, 15) is 9.50 Å². The molecule has 0 saturated carbocycles.